The Hall–Kier alpha value is -0.850. The molecule has 0 aliphatic heterocycles. The maximum atomic E-state index is 6.14. The predicted octanol–water partition coefficient (Wildman–Crippen LogP) is 3.07. The zero-order valence-corrected chi connectivity index (χ0v) is 13.6. The summed E-state index contributed by atoms with van der Waals surface area (Å²) in [7, 11) is 1.97. The third-order valence-corrected chi connectivity index (χ3v) is 5.20. The standard InChI is InChI=1S/C13H17BrN4S/c1-8(15)12(10-6-4-5-7-11(10)14)19-13-17-16-9(2)18(13)3/h4-8,12H,15H2,1-3H3. The summed E-state index contributed by atoms with van der Waals surface area (Å²) in [5.41, 5.74) is 7.33. The van der Waals surface area contributed by atoms with E-state index in [1.807, 2.05) is 43.7 Å². The predicted molar refractivity (Wildman–Crippen MR) is 82.1 cm³/mol. The number of nitrogens with zero attached hydrogens (tertiary/aromatic N) is 3. The molecule has 6 heteroatoms. The van der Waals surface area contributed by atoms with Crippen molar-refractivity contribution in [3.63, 3.8) is 0 Å². The molecule has 4 nitrogen and oxygen atoms in total. The fraction of sp³-hybridized carbons (Fsp3) is 0.385. The van der Waals surface area contributed by atoms with Gasteiger partial charge in [-0.2, -0.15) is 0 Å². The molecule has 0 amide bonds. The summed E-state index contributed by atoms with van der Waals surface area (Å²) in [5.74, 6) is 0.901. The van der Waals surface area contributed by atoms with Crippen molar-refractivity contribution in [3.8, 4) is 0 Å². The van der Waals surface area contributed by atoms with Crippen LogP contribution in [0.5, 0.6) is 0 Å². The lowest BCUT2D eigenvalue weighted by Gasteiger charge is -2.21. The molecule has 1 aromatic carbocycles. The number of benzene rings is 1. The molecule has 102 valence electrons. The molecule has 0 radical (unpaired) electrons. The molecule has 2 rings (SSSR count). The van der Waals surface area contributed by atoms with Crippen molar-refractivity contribution < 1.29 is 0 Å². The van der Waals surface area contributed by atoms with Crippen LogP contribution in [0.4, 0.5) is 0 Å². The second kappa shape index (κ2) is 6.07. The van der Waals surface area contributed by atoms with Gasteiger partial charge in [0.1, 0.15) is 5.82 Å². The van der Waals surface area contributed by atoms with Crippen LogP contribution in [0, 0.1) is 6.92 Å². The average molecular weight is 341 g/mol. The quantitative estimate of drug-likeness (QED) is 0.869. The lowest BCUT2D eigenvalue weighted by atomic mass is 10.1. The smallest absolute Gasteiger partial charge is 0.191 e. The number of aryl methyl sites for hydroxylation is 1. The molecular weight excluding hydrogens is 324 g/mol. The molecule has 0 fully saturated rings. The van der Waals surface area contributed by atoms with Gasteiger partial charge in [0.15, 0.2) is 5.16 Å². The van der Waals surface area contributed by atoms with Gasteiger partial charge in [0.25, 0.3) is 0 Å². The molecule has 0 spiro atoms. The lowest BCUT2D eigenvalue weighted by molar-refractivity contribution is 0.705. The van der Waals surface area contributed by atoms with E-state index in [-0.39, 0.29) is 11.3 Å². The Morgan fingerprint density at radius 2 is 2.00 bits per heavy atom. The van der Waals surface area contributed by atoms with Gasteiger partial charge in [0.05, 0.1) is 5.25 Å². The monoisotopic (exact) mass is 340 g/mol. The molecule has 0 aliphatic rings. The summed E-state index contributed by atoms with van der Waals surface area (Å²) in [6, 6.07) is 8.17. The number of rotatable bonds is 4. The van der Waals surface area contributed by atoms with Crippen LogP contribution < -0.4 is 5.73 Å². The Morgan fingerprint density at radius 1 is 1.32 bits per heavy atom. The largest absolute Gasteiger partial charge is 0.327 e. The first-order valence-corrected chi connectivity index (χ1v) is 7.70. The topological polar surface area (TPSA) is 56.7 Å². The molecule has 2 atom stereocenters. The molecule has 19 heavy (non-hydrogen) atoms. The van der Waals surface area contributed by atoms with Gasteiger partial charge in [-0.25, -0.2) is 0 Å². The van der Waals surface area contributed by atoms with Crippen molar-refractivity contribution in [2.45, 2.75) is 30.3 Å². The highest BCUT2D eigenvalue weighted by Crippen LogP contribution is 2.39. The second-order valence-corrected chi connectivity index (χ2v) is 6.47. The van der Waals surface area contributed by atoms with Crippen LogP contribution in [0.3, 0.4) is 0 Å². The van der Waals surface area contributed by atoms with E-state index < -0.39 is 0 Å². The van der Waals surface area contributed by atoms with Gasteiger partial charge >= 0.3 is 0 Å². The van der Waals surface area contributed by atoms with E-state index in [1.54, 1.807) is 11.8 Å². The number of thioether (sulfide) groups is 1. The minimum absolute atomic E-state index is 0.0145. The molecule has 2 unspecified atom stereocenters. The fourth-order valence-electron chi connectivity index (χ4n) is 1.76. The number of aromatic nitrogens is 3. The van der Waals surface area contributed by atoms with Crippen molar-refractivity contribution in [2.24, 2.45) is 12.8 Å². The van der Waals surface area contributed by atoms with Gasteiger partial charge in [-0.3, -0.25) is 0 Å². The van der Waals surface area contributed by atoms with Gasteiger partial charge in [0.2, 0.25) is 0 Å². The Kier molecular flexibility index (Phi) is 4.65. The normalized spacial score (nSPS) is 14.4. The van der Waals surface area contributed by atoms with Gasteiger partial charge in [-0.1, -0.05) is 45.9 Å². The van der Waals surface area contributed by atoms with E-state index >= 15 is 0 Å². The van der Waals surface area contributed by atoms with Crippen molar-refractivity contribution in [2.75, 3.05) is 0 Å². The van der Waals surface area contributed by atoms with Crippen LogP contribution in [0.1, 0.15) is 23.6 Å². The first kappa shape index (κ1) is 14.6. The Balaban J connectivity index is 2.32. The van der Waals surface area contributed by atoms with Crippen molar-refractivity contribution >= 4 is 27.7 Å². The van der Waals surface area contributed by atoms with E-state index in [2.05, 4.69) is 32.2 Å². The van der Waals surface area contributed by atoms with Crippen LogP contribution in [0.25, 0.3) is 0 Å². The van der Waals surface area contributed by atoms with Crippen molar-refractivity contribution in [1.29, 1.82) is 0 Å². The zero-order chi connectivity index (χ0) is 14.0. The summed E-state index contributed by atoms with van der Waals surface area (Å²) in [6.07, 6.45) is 0. The average Bonchev–Trinajstić information content (AvgIpc) is 2.68. The summed E-state index contributed by atoms with van der Waals surface area (Å²) in [5, 5.41) is 9.30. The highest BCUT2D eigenvalue weighted by atomic mass is 79.9. The molecule has 1 aromatic heterocycles. The molecular formula is C13H17BrN4S. The van der Waals surface area contributed by atoms with E-state index in [1.165, 1.54) is 5.56 Å². The number of hydrogen-bond acceptors (Lipinski definition) is 4. The summed E-state index contributed by atoms with van der Waals surface area (Å²) in [6.45, 7) is 3.96. The SMILES string of the molecule is Cc1nnc(SC(c2ccccc2Br)C(C)N)n1C. The Labute approximate surface area is 125 Å². The number of nitrogens with two attached hydrogens (primary N) is 1. The second-order valence-electron chi connectivity index (χ2n) is 4.51. The first-order chi connectivity index (χ1) is 9.00. The molecule has 0 saturated heterocycles. The molecule has 2 N–H and O–H groups in total. The van der Waals surface area contributed by atoms with Crippen LogP contribution >= 0.6 is 27.7 Å². The van der Waals surface area contributed by atoms with Gasteiger partial charge < -0.3 is 10.3 Å². The van der Waals surface area contributed by atoms with Gasteiger partial charge in [-0.15, -0.1) is 10.2 Å². The lowest BCUT2D eigenvalue weighted by Crippen LogP contribution is -2.23. The molecule has 0 aliphatic carbocycles. The minimum atomic E-state index is 0.0145. The highest BCUT2D eigenvalue weighted by molar-refractivity contribution is 9.10. The Bertz CT molecular complexity index is 568. The molecule has 0 saturated carbocycles. The first-order valence-electron chi connectivity index (χ1n) is 6.03. The maximum absolute atomic E-state index is 6.14. The minimum Gasteiger partial charge on any atom is -0.327 e. The third kappa shape index (κ3) is 3.19. The van der Waals surface area contributed by atoms with Crippen LogP contribution in [0.15, 0.2) is 33.9 Å². The van der Waals surface area contributed by atoms with E-state index in [9.17, 15) is 0 Å². The van der Waals surface area contributed by atoms with Crippen molar-refractivity contribution in [3.05, 3.63) is 40.1 Å². The summed E-state index contributed by atoms with van der Waals surface area (Å²) in [4.78, 5) is 0. The fourth-order valence-corrected chi connectivity index (χ4v) is 3.60. The van der Waals surface area contributed by atoms with E-state index in [4.69, 9.17) is 5.73 Å². The highest BCUT2D eigenvalue weighted by Gasteiger charge is 2.22. The molecule has 2 aromatic rings. The maximum Gasteiger partial charge on any atom is 0.191 e. The molecule has 1 heterocycles. The van der Waals surface area contributed by atoms with Crippen molar-refractivity contribution in [1.82, 2.24) is 14.8 Å². The molecule has 0 bridgehead atoms. The summed E-state index contributed by atoms with van der Waals surface area (Å²) < 4.78 is 3.06. The zero-order valence-electron chi connectivity index (χ0n) is 11.2. The van der Waals surface area contributed by atoms with Crippen LogP contribution in [0.2, 0.25) is 0 Å². The summed E-state index contributed by atoms with van der Waals surface area (Å²) >= 11 is 5.24. The van der Waals surface area contributed by atoms with Crippen LogP contribution in [-0.2, 0) is 7.05 Å². The van der Waals surface area contributed by atoms with Gasteiger partial charge in [-0.05, 0) is 25.5 Å². The Morgan fingerprint density at radius 3 is 2.53 bits per heavy atom. The van der Waals surface area contributed by atoms with E-state index in [0.29, 0.717) is 0 Å². The number of halogens is 1. The van der Waals surface area contributed by atoms with Gasteiger partial charge in [0, 0.05) is 17.6 Å². The number of hydrogen-bond donors (Lipinski definition) is 1. The van der Waals surface area contributed by atoms with E-state index in [0.717, 1.165) is 15.5 Å². The van der Waals surface area contributed by atoms with Crippen LogP contribution in [-0.4, -0.2) is 20.8 Å². The third-order valence-electron chi connectivity index (χ3n) is 2.97.